The number of hydrogen-bond donors (Lipinski definition) is 3. The molecule has 3 aromatic carbocycles. The van der Waals surface area contributed by atoms with Crippen molar-refractivity contribution in [3.63, 3.8) is 0 Å². The molecule has 18 heteroatoms. The van der Waals surface area contributed by atoms with E-state index in [1.165, 1.54) is 30.0 Å². The highest BCUT2D eigenvalue weighted by Crippen LogP contribution is 2.44. The Kier molecular flexibility index (Phi) is 13.0. The van der Waals surface area contributed by atoms with E-state index in [1.807, 2.05) is 6.07 Å². The maximum atomic E-state index is 13.9. The van der Waals surface area contributed by atoms with E-state index >= 15 is 0 Å². The van der Waals surface area contributed by atoms with Gasteiger partial charge < -0.3 is 24.7 Å². The number of carbonyl (C=O) groups excluding carboxylic acids is 1. The number of fused-ring (bicyclic) bond motifs is 1. The predicted molar refractivity (Wildman–Crippen MR) is 242 cm³/mol. The third-order valence-corrected chi connectivity index (χ3v) is 14.1. The number of aromatic nitrogens is 2. The lowest BCUT2D eigenvalue weighted by molar-refractivity contribution is -0.384. The SMILES string of the molecule is COC1CCC(Nc2ccc(S(=O)(=O)NC(=O)c3ccc(N4CCN(CC5=C(c6ccc(C(F)(F)F)cc6)CC(C)(C)CC5)CC4)cc3Oc3cnc4[nH]ccc4c3)cc2[N+](=O)[O-])CC1. The Hall–Kier alpha value is -5.98. The monoisotopic (exact) mass is 915 g/mol. The van der Waals surface area contributed by atoms with Crippen molar-refractivity contribution >= 4 is 49.6 Å². The Morgan fingerprint density at radius 1 is 0.985 bits per heavy atom. The Morgan fingerprint density at radius 3 is 2.42 bits per heavy atom. The molecule has 0 bridgehead atoms. The van der Waals surface area contributed by atoms with Crippen LogP contribution in [0.2, 0.25) is 0 Å². The first-order valence-corrected chi connectivity index (χ1v) is 23.2. The molecule has 14 nitrogen and oxygen atoms in total. The Balaban J connectivity index is 1.00. The van der Waals surface area contributed by atoms with E-state index < -0.39 is 43.2 Å². The van der Waals surface area contributed by atoms with Crippen molar-refractivity contribution < 1.29 is 40.8 Å². The number of allylic oxidation sites excluding steroid dienone is 1. The smallest absolute Gasteiger partial charge is 0.416 e. The van der Waals surface area contributed by atoms with Crippen LogP contribution in [-0.2, 0) is 20.9 Å². The number of anilines is 2. The van der Waals surface area contributed by atoms with Crippen LogP contribution in [0.15, 0.2) is 95.7 Å². The fourth-order valence-corrected chi connectivity index (χ4v) is 10.0. The standard InChI is InChI=1S/C47H52F3N7O7S/c1-46(2)18-16-32(40(27-46)30-4-6-33(7-5-30)47(48,49)50)29-55-20-22-56(23-21-55)35-10-14-39(43(25-35)64-37-24-31-17-19-51-44(31)52-28-37)45(58)54-65(61,62)38-13-15-41(42(26-38)57(59)60)53-34-8-11-36(63-3)12-9-34/h4-7,10,13-15,17,19,24-26,28,34,36,53H,8-9,11-12,16,18,20-23,27,29H2,1-3H3,(H,51,52)(H,54,58). The Bertz CT molecular complexity index is 2710. The lowest BCUT2D eigenvalue weighted by Gasteiger charge is -2.39. The molecule has 2 aromatic heterocycles. The predicted octanol–water partition coefficient (Wildman–Crippen LogP) is 9.56. The van der Waals surface area contributed by atoms with Gasteiger partial charge in [0.2, 0.25) is 0 Å². The van der Waals surface area contributed by atoms with Gasteiger partial charge in [-0.2, -0.15) is 13.2 Å². The van der Waals surface area contributed by atoms with Gasteiger partial charge in [-0.25, -0.2) is 18.1 Å². The number of aromatic amines is 1. The van der Waals surface area contributed by atoms with Crippen LogP contribution in [0.3, 0.4) is 0 Å². The minimum absolute atomic E-state index is 0.0183. The number of ether oxygens (including phenoxy) is 2. The van der Waals surface area contributed by atoms with E-state index in [2.05, 4.69) is 43.7 Å². The van der Waals surface area contributed by atoms with Crippen LogP contribution >= 0.6 is 0 Å². The molecule has 2 aliphatic carbocycles. The highest BCUT2D eigenvalue weighted by Gasteiger charge is 2.33. The average Bonchev–Trinajstić information content (AvgIpc) is 3.75. The third kappa shape index (κ3) is 10.6. The number of halogens is 3. The molecule has 65 heavy (non-hydrogen) atoms. The van der Waals surface area contributed by atoms with Gasteiger partial charge in [-0.05, 0) is 110 Å². The van der Waals surface area contributed by atoms with Gasteiger partial charge in [0.15, 0.2) is 0 Å². The van der Waals surface area contributed by atoms with Gasteiger partial charge in [-0.1, -0.05) is 31.6 Å². The molecule has 0 unspecified atom stereocenters. The van der Waals surface area contributed by atoms with E-state index in [9.17, 15) is 36.5 Å². The Labute approximate surface area is 375 Å². The highest BCUT2D eigenvalue weighted by molar-refractivity contribution is 7.90. The molecule has 3 aliphatic rings. The van der Waals surface area contributed by atoms with Crippen molar-refractivity contribution in [2.24, 2.45) is 5.41 Å². The summed E-state index contributed by atoms with van der Waals surface area (Å²) in [5, 5.41) is 16.1. The lowest BCUT2D eigenvalue weighted by Crippen LogP contribution is -2.47. The first-order chi connectivity index (χ1) is 30.9. The number of sulfonamides is 1. The summed E-state index contributed by atoms with van der Waals surface area (Å²) in [6, 6.07) is 17.4. The molecule has 5 aromatic rings. The van der Waals surface area contributed by atoms with Crippen LogP contribution in [0.4, 0.5) is 30.2 Å². The van der Waals surface area contributed by atoms with Crippen LogP contribution in [0.5, 0.6) is 11.5 Å². The maximum Gasteiger partial charge on any atom is 0.416 e. The zero-order chi connectivity index (χ0) is 46.1. The van der Waals surface area contributed by atoms with E-state index in [1.54, 1.807) is 43.6 Å². The van der Waals surface area contributed by atoms with Crippen LogP contribution in [0.1, 0.15) is 80.3 Å². The van der Waals surface area contributed by atoms with Crippen LogP contribution < -0.4 is 19.7 Å². The fraction of sp³-hybridized carbons (Fsp3) is 0.404. The molecular weight excluding hydrogens is 864 g/mol. The maximum absolute atomic E-state index is 13.9. The molecule has 0 spiro atoms. The molecule has 1 aliphatic heterocycles. The largest absolute Gasteiger partial charge is 0.455 e. The van der Waals surface area contributed by atoms with Gasteiger partial charge in [0.25, 0.3) is 21.6 Å². The Morgan fingerprint density at radius 2 is 1.72 bits per heavy atom. The zero-order valence-electron chi connectivity index (χ0n) is 36.4. The van der Waals surface area contributed by atoms with Crippen LogP contribution in [0.25, 0.3) is 16.6 Å². The number of nitrogens with one attached hydrogen (secondary N) is 3. The number of piperazine rings is 1. The lowest BCUT2D eigenvalue weighted by atomic mass is 9.72. The number of carbonyl (C=O) groups is 1. The van der Waals surface area contributed by atoms with Crippen molar-refractivity contribution in [1.29, 1.82) is 0 Å². The first-order valence-electron chi connectivity index (χ1n) is 21.7. The summed E-state index contributed by atoms with van der Waals surface area (Å²) in [5.74, 6) is -0.628. The molecule has 2 fully saturated rings. The second-order valence-electron chi connectivity index (χ2n) is 17.9. The number of methoxy groups -OCH3 is 1. The second kappa shape index (κ2) is 18.5. The van der Waals surface area contributed by atoms with E-state index in [4.69, 9.17) is 9.47 Å². The first kappa shape index (κ1) is 45.6. The van der Waals surface area contributed by atoms with E-state index in [0.29, 0.717) is 44.1 Å². The summed E-state index contributed by atoms with van der Waals surface area (Å²) in [5.41, 5.74) is 3.51. The topological polar surface area (TPSA) is 172 Å². The van der Waals surface area contributed by atoms with Crippen molar-refractivity contribution in [1.82, 2.24) is 19.6 Å². The summed E-state index contributed by atoms with van der Waals surface area (Å²) in [6.07, 6.45) is 4.58. The molecular formula is C47H52F3N7O7S. The molecule has 1 amide bonds. The summed E-state index contributed by atoms with van der Waals surface area (Å²) in [6.45, 7) is 7.67. The summed E-state index contributed by atoms with van der Waals surface area (Å²) < 4.78 is 81.4. The van der Waals surface area contributed by atoms with Crippen LogP contribution in [0, 0.1) is 15.5 Å². The van der Waals surface area contributed by atoms with Gasteiger partial charge in [0, 0.05) is 75.3 Å². The van der Waals surface area contributed by atoms with Crippen molar-refractivity contribution in [3.8, 4) is 11.5 Å². The summed E-state index contributed by atoms with van der Waals surface area (Å²) in [4.78, 5) is 36.9. The molecule has 3 N–H and O–H groups in total. The molecule has 1 saturated carbocycles. The number of nitro benzene ring substituents is 1. The van der Waals surface area contributed by atoms with Gasteiger partial charge in [-0.3, -0.25) is 19.8 Å². The summed E-state index contributed by atoms with van der Waals surface area (Å²) in [7, 11) is -2.95. The third-order valence-electron chi connectivity index (χ3n) is 12.8. The molecule has 8 rings (SSSR count). The minimum Gasteiger partial charge on any atom is -0.455 e. The van der Waals surface area contributed by atoms with Crippen molar-refractivity contribution in [2.75, 3.05) is 50.1 Å². The second-order valence-corrected chi connectivity index (χ2v) is 19.5. The van der Waals surface area contributed by atoms with Crippen LogP contribution in [-0.4, -0.2) is 86.1 Å². The summed E-state index contributed by atoms with van der Waals surface area (Å²) >= 11 is 0. The molecule has 0 atom stereocenters. The molecule has 1 saturated heterocycles. The number of benzene rings is 3. The fourth-order valence-electron chi connectivity index (χ4n) is 9.04. The normalized spacial score (nSPS) is 19.6. The van der Waals surface area contributed by atoms with E-state index in [-0.39, 0.29) is 34.6 Å². The molecule has 344 valence electrons. The molecule has 3 heterocycles. The number of nitrogens with zero attached hydrogens (tertiary/aromatic N) is 4. The molecule has 0 radical (unpaired) electrons. The van der Waals surface area contributed by atoms with Crippen molar-refractivity contribution in [2.45, 2.75) is 82.0 Å². The highest BCUT2D eigenvalue weighted by atomic mass is 32.2. The van der Waals surface area contributed by atoms with Gasteiger partial charge in [0.1, 0.15) is 22.8 Å². The number of H-pyrrole nitrogens is 1. The number of alkyl halides is 3. The number of amides is 1. The minimum atomic E-state index is -4.61. The number of hydrogen-bond acceptors (Lipinski definition) is 11. The van der Waals surface area contributed by atoms with E-state index in [0.717, 1.165) is 85.4 Å². The van der Waals surface area contributed by atoms with Crippen molar-refractivity contribution in [3.05, 3.63) is 118 Å². The van der Waals surface area contributed by atoms with Gasteiger partial charge in [0.05, 0.1) is 33.2 Å². The number of pyridine rings is 1. The van der Waals surface area contributed by atoms with Gasteiger partial charge >= 0.3 is 6.18 Å². The number of nitro groups is 1. The quantitative estimate of drug-likeness (QED) is 0.0759. The zero-order valence-corrected chi connectivity index (χ0v) is 37.2. The average molecular weight is 916 g/mol. The number of rotatable bonds is 13. The van der Waals surface area contributed by atoms with Gasteiger partial charge in [-0.15, -0.1) is 0 Å².